The molecular weight excluding hydrogens is 272 g/mol. The number of thiophene rings is 1. The van der Waals surface area contributed by atoms with Gasteiger partial charge in [0, 0.05) is 18.3 Å². The highest BCUT2D eigenvalue weighted by Gasteiger charge is 2.21. The molecule has 3 aromatic rings. The van der Waals surface area contributed by atoms with Gasteiger partial charge in [-0.25, -0.2) is 0 Å². The van der Waals surface area contributed by atoms with E-state index in [4.69, 9.17) is 4.52 Å². The quantitative estimate of drug-likeness (QED) is 0.784. The summed E-state index contributed by atoms with van der Waals surface area (Å²) >= 11 is 1.67. The molecule has 1 N–H and O–H groups in total. The molecule has 102 valence electrons. The van der Waals surface area contributed by atoms with Gasteiger partial charge in [0.15, 0.2) is 0 Å². The van der Waals surface area contributed by atoms with Crippen molar-refractivity contribution in [1.82, 2.24) is 20.4 Å². The summed E-state index contributed by atoms with van der Waals surface area (Å²) < 4.78 is 6.57. The predicted octanol–water partition coefficient (Wildman–Crippen LogP) is 2.81. The van der Waals surface area contributed by atoms with E-state index < -0.39 is 0 Å². The highest BCUT2D eigenvalue weighted by molar-refractivity contribution is 7.17. The lowest BCUT2D eigenvalue weighted by Crippen LogP contribution is -2.28. The second kappa shape index (κ2) is 4.96. The van der Waals surface area contributed by atoms with E-state index in [1.807, 2.05) is 17.6 Å². The number of hydrogen-bond donors (Lipinski definition) is 1. The molecule has 4 heterocycles. The van der Waals surface area contributed by atoms with Crippen molar-refractivity contribution in [3.05, 3.63) is 29.6 Å². The molecule has 1 atom stereocenters. The Morgan fingerprint density at radius 2 is 2.40 bits per heavy atom. The monoisotopic (exact) mass is 286 g/mol. The summed E-state index contributed by atoms with van der Waals surface area (Å²) in [6.45, 7) is 2.00. The Morgan fingerprint density at radius 1 is 1.40 bits per heavy atom. The highest BCUT2D eigenvalue weighted by Crippen LogP contribution is 2.27. The van der Waals surface area contributed by atoms with Crippen LogP contribution in [0.1, 0.15) is 24.7 Å². The SMILES string of the molecule is c1cc2ncc(-c3noc([C@@H]4CCCNC4)n3)cc2s1. The molecule has 6 heteroatoms. The Balaban J connectivity index is 1.66. The van der Waals surface area contributed by atoms with Crippen LogP contribution in [-0.4, -0.2) is 28.2 Å². The van der Waals surface area contributed by atoms with Crippen molar-refractivity contribution >= 4 is 21.6 Å². The predicted molar refractivity (Wildman–Crippen MR) is 77.8 cm³/mol. The first kappa shape index (κ1) is 12.0. The molecule has 20 heavy (non-hydrogen) atoms. The van der Waals surface area contributed by atoms with E-state index in [2.05, 4.69) is 26.5 Å². The van der Waals surface area contributed by atoms with Crippen LogP contribution in [0.2, 0.25) is 0 Å². The smallest absolute Gasteiger partial charge is 0.231 e. The molecule has 0 radical (unpaired) electrons. The molecule has 0 amide bonds. The van der Waals surface area contributed by atoms with Crippen molar-refractivity contribution in [2.45, 2.75) is 18.8 Å². The normalized spacial score (nSPS) is 19.5. The lowest BCUT2D eigenvalue weighted by Gasteiger charge is -2.18. The van der Waals surface area contributed by atoms with Gasteiger partial charge in [-0.2, -0.15) is 4.98 Å². The molecule has 5 nitrogen and oxygen atoms in total. The van der Waals surface area contributed by atoms with E-state index in [0.717, 1.165) is 47.6 Å². The third-order valence-corrected chi connectivity index (χ3v) is 4.50. The maximum atomic E-state index is 5.43. The van der Waals surface area contributed by atoms with Crippen LogP contribution in [0.3, 0.4) is 0 Å². The average molecular weight is 286 g/mol. The number of nitrogens with one attached hydrogen (secondary N) is 1. The van der Waals surface area contributed by atoms with Gasteiger partial charge in [-0.15, -0.1) is 11.3 Å². The zero-order valence-electron chi connectivity index (χ0n) is 10.9. The molecule has 1 aliphatic heterocycles. The first-order valence-electron chi connectivity index (χ1n) is 6.78. The van der Waals surface area contributed by atoms with Crippen molar-refractivity contribution in [3.63, 3.8) is 0 Å². The summed E-state index contributed by atoms with van der Waals surface area (Å²) in [5.74, 6) is 1.70. The summed E-state index contributed by atoms with van der Waals surface area (Å²) in [5, 5.41) is 9.51. The van der Waals surface area contributed by atoms with Crippen molar-refractivity contribution in [3.8, 4) is 11.4 Å². The van der Waals surface area contributed by atoms with E-state index in [9.17, 15) is 0 Å². The van der Waals surface area contributed by atoms with Crippen molar-refractivity contribution in [2.24, 2.45) is 0 Å². The minimum Gasteiger partial charge on any atom is -0.339 e. The Hall–Kier alpha value is -1.79. The Morgan fingerprint density at radius 3 is 3.30 bits per heavy atom. The molecule has 0 aromatic carbocycles. The van der Waals surface area contributed by atoms with Gasteiger partial charge in [0.2, 0.25) is 11.7 Å². The van der Waals surface area contributed by atoms with Crippen LogP contribution in [0, 0.1) is 0 Å². The summed E-state index contributed by atoms with van der Waals surface area (Å²) in [4.78, 5) is 8.96. The molecule has 0 bridgehead atoms. The summed E-state index contributed by atoms with van der Waals surface area (Å²) in [6.07, 6.45) is 4.07. The standard InChI is InChI=1S/C14H14N4OS/c1-2-9(7-15-4-1)14-17-13(18-19-14)10-6-12-11(16-8-10)3-5-20-12/h3,5-6,8-9,15H,1-2,4,7H2/t9-/m1/s1. The van der Waals surface area contributed by atoms with Crippen LogP contribution in [0.5, 0.6) is 0 Å². The number of hydrogen-bond acceptors (Lipinski definition) is 6. The average Bonchev–Trinajstić information content (AvgIpc) is 3.16. The molecule has 1 fully saturated rings. The molecule has 3 aromatic heterocycles. The number of aromatic nitrogens is 3. The first-order chi connectivity index (χ1) is 9.90. The summed E-state index contributed by atoms with van der Waals surface area (Å²) in [6, 6.07) is 4.08. The Kier molecular flexibility index (Phi) is 2.97. The van der Waals surface area contributed by atoms with Gasteiger partial charge in [-0.1, -0.05) is 5.16 Å². The number of pyridine rings is 1. The lowest BCUT2D eigenvalue weighted by molar-refractivity contribution is 0.322. The summed E-state index contributed by atoms with van der Waals surface area (Å²) in [7, 11) is 0. The fraction of sp³-hybridized carbons (Fsp3) is 0.357. The van der Waals surface area contributed by atoms with Gasteiger partial charge in [0.1, 0.15) is 0 Å². The molecule has 4 rings (SSSR count). The largest absolute Gasteiger partial charge is 0.339 e. The van der Waals surface area contributed by atoms with Crippen molar-refractivity contribution in [2.75, 3.05) is 13.1 Å². The zero-order valence-corrected chi connectivity index (χ0v) is 11.7. The van der Waals surface area contributed by atoms with Crippen LogP contribution in [0.15, 0.2) is 28.2 Å². The van der Waals surface area contributed by atoms with Gasteiger partial charge in [-0.05, 0) is 36.9 Å². The van der Waals surface area contributed by atoms with Gasteiger partial charge in [0.25, 0.3) is 0 Å². The molecule has 0 aliphatic carbocycles. The van der Waals surface area contributed by atoms with Crippen LogP contribution in [0.4, 0.5) is 0 Å². The van der Waals surface area contributed by atoms with Crippen molar-refractivity contribution < 1.29 is 4.52 Å². The number of fused-ring (bicyclic) bond motifs is 1. The molecule has 0 spiro atoms. The fourth-order valence-electron chi connectivity index (χ4n) is 2.55. The Bertz CT molecular complexity index is 729. The van der Waals surface area contributed by atoms with E-state index in [0.29, 0.717) is 11.7 Å². The molecule has 1 aliphatic rings. The van der Waals surface area contributed by atoms with E-state index in [1.54, 1.807) is 11.3 Å². The zero-order chi connectivity index (χ0) is 13.4. The number of piperidine rings is 1. The van der Waals surface area contributed by atoms with Crippen LogP contribution < -0.4 is 5.32 Å². The van der Waals surface area contributed by atoms with Gasteiger partial charge in [0.05, 0.1) is 16.1 Å². The minimum absolute atomic E-state index is 0.337. The molecule has 1 saturated heterocycles. The Labute approximate surface area is 120 Å². The van der Waals surface area contributed by atoms with E-state index >= 15 is 0 Å². The molecule has 0 unspecified atom stereocenters. The minimum atomic E-state index is 0.337. The highest BCUT2D eigenvalue weighted by atomic mass is 32.1. The van der Waals surface area contributed by atoms with E-state index in [1.165, 1.54) is 0 Å². The maximum Gasteiger partial charge on any atom is 0.231 e. The second-order valence-electron chi connectivity index (χ2n) is 5.03. The number of rotatable bonds is 2. The van der Waals surface area contributed by atoms with Gasteiger partial charge in [-0.3, -0.25) is 4.98 Å². The molecule has 0 saturated carbocycles. The summed E-state index contributed by atoms with van der Waals surface area (Å²) in [5.41, 5.74) is 1.93. The van der Waals surface area contributed by atoms with Crippen molar-refractivity contribution in [1.29, 1.82) is 0 Å². The maximum absolute atomic E-state index is 5.43. The molecular formula is C14H14N4OS. The third-order valence-electron chi connectivity index (χ3n) is 3.65. The van der Waals surface area contributed by atoms with Crippen LogP contribution in [0.25, 0.3) is 21.6 Å². The fourth-order valence-corrected chi connectivity index (χ4v) is 3.33. The second-order valence-corrected chi connectivity index (χ2v) is 5.98. The van der Waals surface area contributed by atoms with Gasteiger partial charge < -0.3 is 9.84 Å². The first-order valence-corrected chi connectivity index (χ1v) is 7.66. The topological polar surface area (TPSA) is 63.8 Å². The van der Waals surface area contributed by atoms with Crippen LogP contribution in [-0.2, 0) is 0 Å². The number of nitrogens with zero attached hydrogens (tertiary/aromatic N) is 3. The van der Waals surface area contributed by atoms with Gasteiger partial charge >= 0.3 is 0 Å². The van der Waals surface area contributed by atoms with Crippen LogP contribution >= 0.6 is 11.3 Å². The third kappa shape index (κ3) is 2.10. The lowest BCUT2D eigenvalue weighted by atomic mass is 10.00. The van der Waals surface area contributed by atoms with E-state index in [-0.39, 0.29) is 0 Å².